The number of piperazine rings is 1. The van der Waals surface area contributed by atoms with Gasteiger partial charge < -0.3 is 14.8 Å². The minimum Gasteiger partial charge on any atom is -0.349 e. The third-order valence-corrected chi connectivity index (χ3v) is 2.87. The summed E-state index contributed by atoms with van der Waals surface area (Å²) in [7, 11) is 1.75. The van der Waals surface area contributed by atoms with Gasteiger partial charge in [-0.1, -0.05) is 0 Å². The molecule has 1 fully saturated rings. The molecule has 5 heteroatoms. The first-order chi connectivity index (χ1) is 7.49. The number of aromatic nitrogens is 2. The summed E-state index contributed by atoms with van der Waals surface area (Å²) >= 11 is 0. The van der Waals surface area contributed by atoms with E-state index in [2.05, 4.69) is 29.0 Å². The van der Waals surface area contributed by atoms with Crippen molar-refractivity contribution in [3.8, 4) is 0 Å². The van der Waals surface area contributed by atoms with Crippen LogP contribution in [0.3, 0.4) is 0 Å². The zero-order valence-corrected chi connectivity index (χ0v) is 10.0. The Hall–Kier alpha value is -1.36. The van der Waals surface area contributed by atoms with Gasteiger partial charge in [0, 0.05) is 44.6 Å². The van der Waals surface area contributed by atoms with E-state index in [1.165, 1.54) is 0 Å². The number of aryl methyl sites for hydroxylation is 1. The Labute approximate surface area is 95.1 Å². The second-order valence-electron chi connectivity index (χ2n) is 4.90. The summed E-state index contributed by atoms with van der Waals surface area (Å²) in [6, 6.07) is 0. The van der Waals surface area contributed by atoms with Gasteiger partial charge in [0.15, 0.2) is 5.82 Å². The van der Waals surface area contributed by atoms with Gasteiger partial charge in [-0.3, -0.25) is 4.79 Å². The molecule has 0 amide bonds. The fourth-order valence-electron chi connectivity index (χ4n) is 2.02. The van der Waals surface area contributed by atoms with Crippen LogP contribution in [0.15, 0.2) is 17.2 Å². The molecule has 2 rings (SSSR count). The molecule has 0 atom stereocenters. The molecule has 5 nitrogen and oxygen atoms in total. The molecule has 1 aromatic rings. The molecule has 1 aliphatic heterocycles. The van der Waals surface area contributed by atoms with Crippen LogP contribution in [0.25, 0.3) is 0 Å². The fourth-order valence-corrected chi connectivity index (χ4v) is 2.02. The Balaban J connectivity index is 2.31. The van der Waals surface area contributed by atoms with E-state index in [1.807, 2.05) is 0 Å². The molecule has 1 N–H and O–H groups in total. The van der Waals surface area contributed by atoms with Crippen molar-refractivity contribution in [2.75, 3.05) is 24.5 Å². The zero-order chi connectivity index (χ0) is 11.8. The first-order valence-corrected chi connectivity index (χ1v) is 5.51. The van der Waals surface area contributed by atoms with E-state index in [4.69, 9.17) is 0 Å². The highest BCUT2D eigenvalue weighted by Gasteiger charge is 2.27. The van der Waals surface area contributed by atoms with E-state index in [0.717, 1.165) is 19.6 Å². The van der Waals surface area contributed by atoms with Crippen molar-refractivity contribution in [1.82, 2.24) is 14.9 Å². The zero-order valence-electron chi connectivity index (χ0n) is 10.0. The second kappa shape index (κ2) is 3.90. The van der Waals surface area contributed by atoms with Crippen molar-refractivity contribution in [3.05, 3.63) is 22.7 Å². The maximum absolute atomic E-state index is 11.9. The van der Waals surface area contributed by atoms with Gasteiger partial charge in [0.1, 0.15) is 0 Å². The summed E-state index contributed by atoms with van der Waals surface area (Å²) in [5, 5.41) is 3.41. The molecular formula is C11H18N4O. The molecule has 0 aromatic carbocycles. The van der Waals surface area contributed by atoms with Crippen molar-refractivity contribution in [1.29, 1.82) is 0 Å². The van der Waals surface area contributed by atoms with Crippen LogP contribution in [0, 0.1) is 0 Å². The molecule has 0 saturated carbocycles. The quantitative estimate of drug-likeness (QED) is 0.725. The van der Waals surface area contributed by atoms with Crippen molar-refractivity contribution in [2.45, 2.75) is 19.4 Å². The van der Waals surface area contributed by atoms with Crippen LogP contribution in [-0.4, -0.2) is 34.7 Å². The number of hydrogen-bond acceptors (Lipinski definition) is 4. The topological polar surface area (TPSA) is 50.2 Å². The summed E-state index contributed by atoms with van der Waals surface area (Å²) in [4.78, 5) is 18.2. The lowest BCUT2D eigenvalue weighted by Gasteiger charge is -2.39. The molecule has 2 heterocycles. The van der Waals surface area contributed by atoms with E-state index in [9.17, 15) is 4.79 Å². The molecule has 0 spiro atoms. The number of rotatable bonds is 1. The van der Waals surface area contributed by atoms with Gasteiger partial charge in [0.25, 0.3) is 5.56 Å². The van der Waals surface area contributed by atoms with Crippen molar-refractivity contribution >= 4 is 5.82 Å². The van der Waals surface area contributed by atoms with Gasteiger partial charge >= 0.3 is 0 Å². The summed E-state index contributed by atoms with van der Waals surface area (Å²) in [6.45, 7) is 6.78. The molecule has 0 aliphatic carbocycles. The summed E-state index contributed by atoms with van der Waals surface area (Å²) < 4.78 is 1.57. The normalized spacial score (nSPS) is 19.8. The lowest BCUT2D eigenvalue weighted by atomic mass is 10.0. The highest BCUT2D eigenvalue weighted by Crippen LogP contribution is 2.13. The second-order valence-corrected chi connectivity index (χ2v) is 4.90. The lowest BCUT2D eigenvalue weighted by molar-refractivity contribution is 0.351. The molecule has 1 aliphatic rings. The number of nitrogens with zero attached hydrogens (tertiary/aromatic N) is 3. The van der Waals surface area contributed by atoms with Gasteiger partial charge in [0.2, 0.25) is 0 Å². The van der Waals surface area contributed by atoms with Crippen LogP contribution in [0.1, 0.15) is 13.8 Å². The van der Waals surface area contributed by atoms with E-state index < -0.39 is 0 Å². The highest BCUT2D eigenvalue weighted by molar-refractivity contribution is 5.37. The Bertz CT molecular complexity index is 438. The minimum absolute atomic E-state index is 0.0276. The van der Waals surface area contributed by atoms with Crippen LogP contribution < -0.4 is 15.8 Å². The average Bonchev–Trinajstić information content (AvgIpc) is 2.20. The third-order valence-electron chi connectivity index (χ3n) is 2.87. The van der Waals surface area contributed by atoms with Crippen LogP contribution in [0.2, 0.25) is 0 Å². The number of anilines is 1. The third kappa shape index (κ3) is 2.09. The molecule has 16 heavy (non-hydrogen) atoms. The summed E-state index contributed by atoms with van der Waals surface area (Å²) in [5.41, 5.74) is 0.000962. The molecule has 0 radical (unpaired) electrons. The van der Waals surface area contributed by atoms with Crippen molar-refractivity contribution in [3.63, 3.8) is 0 Å². The van der Waals surface area contributed by atoms with Gasteiger partial charge in [-0.2, -0.15) is 0 Å². The monoisotopic (exact) mass is 222 g/mol. The van der Waals surface area contributed by atoms with E-state index in [0.29, 0.717) is 5.82 Å². The Morgan fingerprint density at radius 3 is 2.94 bits per heavy atom. The van der Waals surface area contributed by atoms with Gasteiger partial charge in [-0.15, -0.1) is 0 Å². The maximum atomic E-state index is 11.9. The van der Waals surface area contributed by atoms with Crippen molar-refractivity contribution < 1.29 is 0 Å². The largest absolute Gasteiger partial charge is 0.349 e. The molecule has 88 valence electrons. The first kappa shape index (κ1) is 11.1. The Kier molecular flexibility index (Phi) is 2.71. The summed E-state index contributed by atoms with van der Waals surface area (Å²) in [6.07, 6.45) is 3.35. The Morgan fingerprint density at radius 1 is 1.50 bits per heavy atom. The Morgan fingerprint density at radius 2 is 2.25 bits per heavy atom. The van der Waals surface area contributed by atoms with Gasteiger partial charge in [-0.25, -0.2) is 4.98 Å². The summed E-state index contributed by atoms with van der Waals surface area (Å²) in [5.74, 6) is 0.555. The van der Waals surface area contributed by atoms with Crippen LogP contribution in [0.5, 0.6) is 0 Å². The number of nitrogens with one attached hydrogen (secondary N) is 1. The molecule has 1 saturated heterocycles. The predicted molar refractivity (Wildman–Crippen MR) is 63.8 cm³/mol. The van der Waals surface area contributed by atoms with Crippen molar-refractivity contribution in [2.24, 2.45) is 7.05 Å². The van der Waals surface area contributed by atoms with Gasteiger partial charge in [-0.05, 0) is 13.8 Å². The number of hydrogen-bond donors (Lipinski definition) is 1. The van der Waals surface area contributed by atoms with Gasteiger partial charge in [0.05, 0.1) is 0 Å². The average molecular weight is 222 g/mol. The maximum Gasteiger partial charge on any atom is 0.293 e. The van der Waals surface area contributed by atoms with Crippen LogP contribution >= 0.6 is 0 Å². The predicted octanol–water partition coefficient (Wildman–Crippen LogP) is -0.0315. The fraction of sp³-hybridized carbons (Fsp3) is 0.636. The standard InChI is InChI=1S/C11H18N4O/c1-11(2)8-15(7-5-13-11)9-10(16)14(3)6-4-12-9/h4,6,13H,5,7-8H2,1-3H3. The molecule has 1 aromatic heterocycles. The van der Waals surface area contributed by atoms with E-state index in [-0.39, 0.29) is 11.1 Å². The molecular weight excluding hydrogens is 204 g/mol. The van der Waals surface area contributed by atoms with E-state index in [1.54, 1.807) is 24.0 Å². The first-order valence-electron chi connectivity index (χ1n) is 5.51. The minimum atomic E-state index is -0.0276. The van der Waals surface area contributed by atoms with E-state index >= 15 is 0 Å². The SMILES string of the molecule is Cn1ccnc(N2CCNC(C)(C)C2)c1=O. The highest BCUT2D eigenvalue weighted by atomic mass is 16.1. The molecule has 0 unspecified atom stereocenters. The smallest absolute Gasteiger partial charge is 0.293 e. The van der Waals surface area contributed by atoms with Crippen LogP contribution in [0.4, 0.5) is 5.82 Å². The lowest BCUT2D eigenvalue weighted by Crippen LogP contribution is -2.58. The van der Waals surface area contributed by atoms with Crippen LogP contribution in [-0.2, 0) is 7.05 Å². The molecule has 0 bridgehead atoms.